The normalized spacial score (nSPS) is 12.5. The molecule has 0 aliphatic rings. The summed E-state index contributed by atoms with van der Waals surface area (Å²) in [5.74, 6) is 0.838. The van der Waals surface area contributed by atoms with Gasteiger partial charge in [-0.05, 0) is 25.5 Å². The standard InChI is InChI=1S/C9H14ClN3/c1-7(11)4-5-12-9-3-2-8(10)6-13-9/h2-3,6-7H,4-5,11H2,1H3,(H,12,13). The maximum Gasteiger partial charge on any atom is 0.125 e. The Labute approximate surface area is 83.3 Å². The molecule has 1 aromatic rings. The van der Waals surface area contributed by atoms with E-state index in [0.29, 0.717) is 5.02 Å². The van der Waals surface area contributed by atoms with Gasteiger partial charge in [0.2, 0.25) is 0 Å². The van der Waals surface area contributed by atoms with E-state index in [1.165, 1.54) is 0 Å². The summed E-state index contributed by atoms with van der Waals surface area (Å²) in [6.07, 6.45) is 2.56. The van der Waals surface area contributed by atoms with Crippen LogP contribution < -0.4 is 11.1 Å². The number of halogens is 1. The van der Waals surface area contributed by atoms with Gasteiger partial charge in [-0.25, -0.2) is 4.98 Å². The van der Waals surface area contributed by atoms with E-state index in [2.05, 4.69) is 10.3 Å². The number of hydrogen-bond acceptors (Lipinski definition) is 3. The first-order chi connectivity index (χ1) is 6.18. The van der Waals surface area contributed by atoms with Gasteiger partial charge >= 0.3 is 0 Å². The van der Waals surface area contributed by atoms with Crippen molar-refractivity contribution in [1.82, 2.24) is 4.98 Å². The Morgan fingerprint density at radius 2 is 2.38 bits per heavy atom. The molecule has 0 spiro atoms. The largest absolute Gasteiger partial charge is 0.370 e. The second-order valence-corrected chi connectivity index (χ2v) is 3.49. The third-order valence-corrected chi connectivity index (χ3v) is 1.86. The molecular formula is C9H14ClN3. The van der Waals surface area contributed by atoms with Gasteiger partial charge in [0.05, 0.1) is 5.02 Å². The third-order valence-electron chi connectivity index (χ3n) is 1.63. The summed E-state index contributed by atoms with van der Waals surface area (Å²) in [5, 5.41) is 3.80. The topological polar surface area (TPSA) is 50.9 Å². The van der Waals surface area contributed by atoms with E-state index < -0.39 is 0 Å². The third kappa shape index (κ3) is 4.10. The second kappa shape index (κ2) is 5.04. The van der Waals surface area contributed by atoms with Crippen LogP contribution in [-0.2, 0) is 0 Å². The highest BCUT2D eigenvalue weighted by molar-refractivity contribution is 6.30. The molecule has 0 aliphatic carbocycles. The molecule has 1 heterocycles. The molecule has 4 heteroatoms. The Kier molecular flexibility index (Phi) is 3.99. The first-order valence-corrected chi connectivity index (χ1v) is 4.67. The maximum absolute atomic E-state index is 5.69. The summed E-state index contributed by atoms with van der Waals surface area (Å²) in [6.45, 7) is 2.82. The van der Waals surface area contributed by atoms with Crippen molar-refractivity contribution >= 4 is 17.4 Å². The van der Waals surface area contributed by atoms with E-state index in [-0.39, 0.29) is 6.04 Å². The van der Waals surface area contributed by atoms with Crippen LogP contribution in [0.4, 0.5) is 5.82 Å². The molecule has 0 saturated heterocycles. The molecule has 0 aliphatic heterocycles. The summed E-state index contributed by atoms with van der Waals surface area (Å²) in [7, 11) is 0. The Morgan fingerprint density at radius 1 is 1.62 bits per heavy atom. The predicted octanol–water partition coefficient (Wildman–Crippen LogP) is 1.88. The lowest BCUT2D eigenvalue weighted by molar-refractivity contribution is 0.689. The van der Waals surface area contributed by atoms with E-state index in [1.54, 1.807) is 6.20 Å². The van der Waals surface area contributed by atoms with Gasteiger partial charge < -0.3 is 11.1 Å². The molecule has 1 rings (SSSR count). The van der Waals surface area contributed by atoms with Crippen molar-refractivity contribution in [2.75, 3.05) is 11.9 Å². The lowest BCUT2D eigenvalue weighted by atomic mass is 10.2. The molecule has 0 bridgehead atoms. The van der Waals surface area contributed by atoms with Gasteiger partial charge in [0.25, 0.3) is 0 Å². The molecule has 72 valence electrons. The van der Waals surface area contributed by atoms with Gasteiger partial charge in [0.1, 0.15) is 5.82 Å². The van der Waals surface area contributed by atoms with E-state index >= 15 is 0 Å². The Bertz CT molecular complexity index is 246. The summed E-state index contributed by atoms with van der Waals surface area (Å²) in [4.78, 5) is 4.09. The Balaban J connectivity index is 2.33. The van der Waals surface area contributed by atoms with Gasteiger partial charge in [-0.3, -0.25) is 0 Å². The molecule has 0 saturated carbocycles. The number of nitrogens with zero attached hydrogens (tertiary/aromatic N) is 1. The molecule has 1 atom stereocenters. The summed E-state index contributed by atoms with van der Waals surface area (Å²) in [5.41, 5.74) is 5.60. The highest BCUT2D eigenvalue weighted by atomic mass is 35.5. The van der Waals surface area contributed by atoms with Crippen LogP contribution in [0.2, 0.25) is 5.02 Å². The maximum atomic E-state index is 5.69. The van der Waals surface area contributed by atoms with E-state index in [4.69, 9.17) is 17.3 Å². The Morgan fingerprint density at radius 3 is 2.92 bits per heavy atom. The predicted molar refractivity (Wildman–Crippen MR) is 56.0 cm³/mol. The van der Waals surface area contributed by atoms with Crippen LogP contribution >= 0.6 is 11.6 Å². The molecule has 0 fully saturated rings. The number of pyridine rings is 1. The highest BCUT2D eigenvalue weighted by Crippen LogP contribution is 2.09. The zero-order valence-corrected chi connectivity index (χ0v) is 8.38. The van der Waals surface area contributed by atoms with Crippen LogP contribution in [0, 0.1) is 0 Å². The number of nitrogens with one attached hydrogen (secondary N) is 1. The quantitative estimate of drug-likeness (QED) is 0.779. The minimum Gasteiger partial charge on any atom is -0.370 e. The van der Waals surface area contributed by atoms with Crippen LogP contribution in [0.5, 0.6) is 0 Å². The van der Waals surface area contributed by atoms with Crippen molar-refractivity contribution in [2.45, 2.75) is 19.4 Å². The monoisotopic (exact) mass is 199 g/mol. The number of hydrogen-bond donors (Lipinski definition) is 2. The average molecular weight is 200 g/mol. The smallest absolute Gasteiger partial charge is 0.125 e. The van der Waals surface area contributed by atoms with Crippen LogP contribution in [-0.4, -0.2) is 17.6 Å². The number of aromatic nitrogens is 1. The molecule has 13 heavy (non-hydrogen) atoms. The van der Waals surface area contributed by atoms with Gasteiger partial charge in [0, 0.05) is 18.8 Å². The number of rotatable bonds is 4. The van der Waals surface area contributed by atoms with Gasteiger partial charge in [-0.1, -0.05) is 11.6 Å². The Hall–Kier alpha value is -0.800. The van der Waals surface area contributed by atoms with Gasteiger partial charge in [-0.2, -0.15) is 0 Å². The first-order valence-electron chi connectivity index (χ1n) is 4.29. The molecule has 0 radical (unpaired) electrons. The minimum absolute atomic E-state index is 0.222. The van der Waals surface area contributed by atoms with Crippen molar-refractivity contribution in [3.8, 4) is 0 Å². The summed E-state index contributed by atoms with van der Waals surface area (Å²) >= 11 is 5.69. The molecule has 3 N–H and O–H groups in total. The van der Waals surface area contributed by atoms with E-state index in [1.807, 2.05) is 19.1 Å². The van der Waals surface area contributed by atoms with Crippen molar-refractivity contribution in [3.63, 3.8) is 0 Å². The van der Waals surface area contributed by atoms with Crippen molar-refractivity contribution < 1.29 is 0 Å². The SMILES string of the molecule is CC(N)CCNc1ccc(Cl)cn1. The molecule has 1 aromatic heterocycles. The highest BCUT2D eigenvalue weighted by Gasteiger charge is 1.95. The fourth-order valence-corrected chi connectivity index (χ4v) is 1.02. The number of anilines is 1. The van der Waals surface area contributed by atoms with Crippen LogP contribution in [0.3, 0.4) is 0 Å². The molecular weight excluding hydrogens is 186 g/mol. The fourth-order valence-electron chi connectivity index (χ4n) is 0.908. The van der Waals surface area contributed by atoms with Crippen LogP contribution in [0.25, 0.3) is 0 Å². The summed E-state index contributed by atoms with van der Waals surface area (Å²) < 4.78 is 0. The zero-order chi connectivity index (χ0) is 9.68. The van der Waals surface area contributed by atoms with Crippen molar-refractivity contribution in [1.29, 1.82) is 0 Å². The fraction of sp³-hybridized carbons (Fsp3) is 0.444. The van der Waals surface area contributed by atoms with Crippen LogP contribution in [0.1, 0.15) is 13.3 Å². The van der Waals surface area contributed by atoms with Crippen molar-refractivity contribution in [3.05, 3.63) is 23.4 Å². The molecule has 1 unspecified atom stereocenters. The lowest BCUT2D eigenvalue weighted by Gasteiger charge is -2.07. The van der Waals surface area contributed by atoms with Crippen molar-refractivity contribution in [2.24, 2.45) is 5.73 Å². The zero-order valence-electron chi connectivity index (χ0n) is 7.63. The molecule has 3 nitrogen and oxygen atoms in total. The van der Waals surface area contributed by atoms with Gasteiger partial charge in [-0.15, -0.1) is 0 Å². The molecule has 0 amide bonds. The van der Waals surface area contributed by atoms with E-state index in [0.717, 1.165) is 18.8 Å². The summed E-state index contributed by atoms with van der Waals surface area (Å²) in [6, 6.07) is 3.88. The van der Waals surface area contributed by atoms with Crippen LogP contribution in [0.15, 0.2) is 18.3 Å². The lowest BCUT2D eigenvalue weighted by Crippen LogP contribution is -2.19. The second-order valence-electron chi connectivity index (χ2n) is 3.05. The molecule has 0 aromatic carbocycles. The first kappa shape index (κ1) is 10.3. The van der Waals surface area contributed by atoms with E-state index in [9.17, 15) is 0 Å². The average Bonchev–Trinajstić information content (AvgIpc) is 2.08. The minimum atomic E-state index is 0.222. The number of nitrogens with two attached hydrogens (primary N) is 1. The van der Waals surface area contributed by atoms with Gasteiger partial charge in [0.15, 0.2) is 0 Å².